The zero-order valence-corrected chi connectivity index (χ0v) is 10.6. The van der Waals surface area contributed by atoms with Gasteiger partial charge < -0.3 is 19.9 Å². The summed E-state index contributed by atoms with van der Waals surface area (Å²) in [4.78, 5) is 0. The van der Waals surface area contributed by atoms with Gasteiger partial charge in [0.1, 0.15) is 5.75 Å². The molecule has 0 amide bonds. The van der Waals surface area contributed by atoms with Crippen LogP contribution in [0.5, 0.6) is 5.75 Å². The van der Waals surface area contributed by atoms with Gasteiger partial charge in [-0.25, -0.2) is 0 Å². The van der Waals surface area contributed by atoms with Crippen molar-refractivity contribution in [3.63, 3.8) is 0 Å². The Morgan fingerprint density at radius 3 is 2.41 bits per heavy atom. The van der Waals surface area contributed by atoms with Gasteiger partial charge in [-0.1, -0.05) is 12.1 Å². The lowest BCUT2D eigenvalue weighted by atomic mass is 10.1. The third-order valence-electron chi connectivity index (χ3n) is 2.58. The van der Waals surface area contributed by atoms with E-state index in [2.05, 4.69) is 5.32 Å². The van der Waals surface area contributed by atoms with E-state index in [0.29, 0.717) is 13.2 Å². The molecule has 1 aromatic rings. The zero-order chi connectivity index (χ0) is 12.7. The maximum atomic E-state index is 9.96. The smallest absolute Gasteiger partial charge is 0.118 e. The first-order valence-corrected chi connectivity index (χ1v) is 5.71. The van der Waals surface area contributed by atoms with Crippen LogP contribution in [0.3, 0.4) is 0 Å². The van der Waals surface area contributed by atoms with E-state index in [0.717, 1.165) is 11.3 Å². The van der Waals surface area contributed by atoms with Gasteiger partial charge in [0.05, 0.1) is 19.8 Å². The molecule has 1 aromatic carbocycles. The first-order chi connectivity index (χ1) is 8.17. The molecule has 2 N–H and O–H groups in total. The van der Waals surface area contributed by atoms with Gasteiger partial charge in [-0.05, 0) is 24.6 Å². The Kier molecular flexibility index (Phi) is 5.97. The number of ether oxygens (including phenoxy) is 2. The maximum absolute atomic E-state index is 9.96. The van der Waals surface area contributed by atoms with Crippen LogP contribution < -0.4 is 10.1 Å². The van der Waals surface area contributed by atoms with Crippen molar-refractivity contribution >= 4 is 0 Å². The second-order valence-electron chi connectivity index (χ2n) is 4.05. The Bertz CT molecular complexity index is 313. The van der Waals surface area contributed by atoms with Gasteiger partial charge in [0.2, 0.25) is 0 Å². The minimum Gasteiger partial charge on any atom is -0.497 e. The second-order valence-corrected chi connectivity index (χ2v) is 4.05. The van der Waals surface area contributed by atoms with Crippen LogP contribution in [0.2, 0.25) is 0 Å². The number of hydrogen-bond acceptors (Lipinski definition) is 4. The van der Waals surface area contributed by atoms with Gasteiger partial charge in [0, 0.05) is 19.7 Å². The molecule has 4 heteroatoms. The molecule has 96 valence electrons. The molecule has 1 rings (SSSR count). The Morgan fingerprint density at radius 2 is 1.88 bits per heavy atom. The Balaban J connectivity index is 2.43. The number of benzene rings is 1. The highest BCUT2D eigenvalue weighted by atomic mass is 16.5. The summed E-state index contributed by atoms with van der Waals surface area (Å²) in [7, 11) is 3.29. The number of aliphatic hydroxyl groups excluding tert-OH is 1. The van der Waals surface area contributed by atoms with Crippen molar-refractivity contribution in [2.45, 2.75) is 19.1 Å². The van der Waals surface area contributed by atoms with Crippen molar-refractivity contribution in [1.29, 1.82) is 0 Å². The van der Waals surface area contributed by atoms with Crippen LogP contribution in [0.4, 0.5) is 0 Å². The minimum atomic E-state index is -0.514. The summed E-state index contributed by atoms with van der Waals surface area (Å²) in [6.45, 7) is 3.16. The van der Waals surface area contributed by atoms with Crippen LogP contribution >= 0.6 is 0 Å². The quantitative estimate of drug-likeness (QED) is 0.754. The molecule has 0 spiro atoms. The van der Waals surface area contributed by atoms with Gasteiger partial charge in [-0.2, -0.15) is 0 Å². The third-order valence-corrected chi connectivity index (χ3v) is 2.58. The fraction of sp³-hybridized carbons (Fsp3) is 0.538. The van der Waals surface area contributed by atoms with E-state index in [1.54, 1.807) is 14.2 Å². The van der Waals surface area contributed by atoms with Crippen molar-refractivity contribution in [3.8, 4) is 5.75 Å². The number of aliphatic hydroxyl groups is 1. The summed E-state index contributed by atoms with van der Waals surface area (Å²) >= 11 is 0. The summed E-state index contributed by atoms with van der Waals surface area (Å²) in [6.07, 6.45) is -0.514. The lowest BCUT2D eigenvalue weighted by molar-refractivity contribution is 0.143. The molecule has 2 unspecified atom stereocenters. The van der Waals surface area contributed by atoms with E-state index < -0.39 is 6.10 Å². The molecule has 0 saturated heterocycles. The SMILES string of the molecule is COCC(C)NCC(O)c1ccc(OC)cc1. The van der Waals surface area contributed by atoms with Crippen molar-refractivity contribution < 1.29 is 14.6 Å². The van der Waals surface area contributed by atoms with Gasteiger partial charge >= 0.3 is 0 Å². The average molecular weight is 239 g/mol. The van der Waals surface area contributed by atoms with E-state index in [-0.39, 0.29) is 6.04 Å². The summed E-state index contributed by atoms with van der Waals surface area (Å²) < 4.78 is 10.1. The lowest BCUT2D eigenvalue weighted by Gasteiger charge is -2.16. The Morgan fingerprint density at radius 1 is 1.24 bits per heavy atom. The largest absolute Gasteiger partial charge is 0.497 e. The lowest BCUT2D eigenvalue weighted by Crippen LogP contribution is -2.33. The zero-order valence-electron chi connectivity index (χ0n) is 10.6. The molecule has 17 heavy (non-hydrogen) atoms. The van der Waals surface area contributed by atoms with Gasteiger partial charge in [0.15, 0.2) is 0 Å². The van der Waals surface area contributed by atoms with Crippen LogP contribution in [-0.4, -0.2) is 38.5 Å². The monoisotopic (exact) mass is 239 g/mol. The molecule has 0 heterocycles. The third kappa shape index (κ3) is 4.73. The second kappa shape index (κ2) is 7.27. The fourth-order valence-electron chi connectivity index (χ4n) is 1.57. The predicted molar refractivity (Wildman–Crippen MR) is 67.3 cm³/mol. The molecular formula is C13H21NO3. The van der Waals surface area contributed by atoms with Crippen LogP contribution in [0, 0.1) is 0 Å². The highest BCUT2D eigenvalue weighted by Gasteiger charge is 2.09. The number of methoxy groups -OCH3 is 2. The van der Waals surface area contributed by atoms with E-state index >= 15 is 0 Å². The number of rotatable bonds is 7. The van der Waals surface area contributed by atoms with E-state index in [4.69, 9.17) is 9.47 Å². The molecular weight excluding hydrogens is 218 g/mol. The molecule has 0 aromatic heterocycles. The number of nitrogens with one attached hydrogen (secondary N) is 1. The number of hydrogen-bond donors (Lipinski definition) is 2. The highest BCUT2D eigenvalue weighted by Crippen LogP contribution is 2.16. The molecule has 0 aliphatic carbocycles. The van der Waals surface area contributed by atoms with Crippen LogP contribution in [0.15, 0.2) is 24.3 Å². The normalized spacial score (nSPS) is 14.4. The molecule has 0 bridgehead atoms. The van der Waals surface area contributed by atoms with E-state index in [1.165, 1.54) is 0 Å². The first-order valence-electron chi connectivity index (χ1n) is 5.71. The summed E-state index contributed by atoms with van der Waals surface area (Å²) in [5, 5.41) is 13.2. The molecule has 2 atom stereocenters. The average Bonchev–Trinajstić information content (AvgIpc) is 2.36. The van der Waals surface area contributed by atoms with Gasteiger partial charge in [0.25, 0.3) is 0 Å². The van der Waals surface area contributed by atoms with Crippen molar-refractivity contribution in [1.82, 2.24) is 5.32 Å². The summed E-state index contributed by atoms with van der Waals surface area (Å²) in [5.41, 5.74) is 0.878. The summed E-state index contributed by atoms with van der Waals surface area (Å²) in [6, 6.07) is 7.65. The van der Waals surface area contributed by atoms with Gasteiger partial charge in [-0.3, -0.25) is 0 Å². The van der Waals surface area contributed by atoms with E-state index in [9.17, 15) is 5.11 Å². The molecule has 0 radical (unpaired) electrons. The molecule has 4 nitrogen and oxygen atoms in total. The topological polar surface area (TPSA) is 50.7 Å². The highest BCUT2D eigenvalue weighted by molar-refractivity contribution is 5.28. The van der Waals surface area contributed by atoms with E-state index in [1.807, 2.05) is 31.2 Å². The Labute approximate surface area is 103 Å². The van der Waals surface area contributed by atoms with Crippen LogP contribution in [-0.2, 0) is 4.74 Å². The van der Waals surface area contributed by atoms with Crippen molar-refractivity contribution in [3.05, 3.63) is 29.8 Å². The molecule has 0 saturated carbocycles. The Hall–Kier alpha value is -1.10. The standard InChI is InChI=1S/C13H21NO3/c1-10(9-16-2)14-8-13(15)11-4-6-12(17-3)7-5-11/h4-7,10,13-15H,8-9H2,1-3H3. The minimum absolute atomic E-state index is 0.230. The molecule has 0 aliphatic heterocycles. The van der Waals surface area contributed by atoms with Crippen molar-refractivity contribution in [2.75, 3.05) is 27.4 Å². The maximum Gasteiger partial charge on any atom is 0.118 e. The predicted octanol–water partition coefficient (Wildman–Crippen LogP) is 1.35. The summed E-state index contributed by atoms with van der Waals surface area (Å²) in [5.74, 6) is 0.793. The van der Waals surface area contributed by atoms with Crippen molar-refractivity contribution in [2.24, 2.45) is 0 Å². The van der Waals surface area contributed by atoms with Crippen LogP contribution in [0.1, 0.15) is 18.6 Å². The first kappa shape index (κ1) is 14.0. The van der Waals surface area contributed by atoms with Crippen LogP contribution in [0.25, 0.3) is 0 Å². The molecule has 0 aliphatic rings. The molecule has 0 fully saturated rings. The van der Waals surface area contributed by atoms with Gasteiger partial charge in [-0.15, -0.1) is 0 Å². The fourth-order valence-corrected chi connectivity index (χ4v) is 1.57.